The van der Waals surface area contributed by atoms with Crippen LogP contribution in [0.25, 0.3) is 0 Å². The van der Waals surface area contributed by atoms with Gasteiger partial charge in [-0.1, -0.05) is 5.23 Å². The molecule has 0 aromatic heterocycles. The van der Waals surface area contributed by atoms with Crippen LogP contribution in [0.2, 0.25) is 0 Å². The third kappa shape index (κ3) is 2.94. The number of rotatable bonds is 3. The van der Waals surface area contributed by atoms with E-state index in [4.69, 9.17) is 9.68 Å². The summed E-state index contributed by atoms with van der Waals surface area (Å²) in [4.78, 5) is 21.7. The lowest BCUT2D eigenvalue weighted by Gasteiger charge is -2.37. The molecule has 14 heavy (non-hydrogen) atoms. The quantitative estimate of drug-likeness (QED) is 0.638. The Labute approximate surface area is 83.8 Å². The molecule has 0 atom stereocenters. The molecule has 0 bridgehead atoms. The third-order valence-electron chi connectivity index (χ3n) is 2.00. The number of methoxy groups -OCH3 is 1. The van der Waals surface area contributed by atoms with Crippen LogP contribution in [0.4, 0.5) is 0 Å². The highest BCUT2D eigenvalue weighted by atomic mass is 17.0. The Hall–Kier alpha value is -0.650. The summed E-state index contributed by atoms with van der Waals surface area (Å²) >= 11 is 0. The van der Waals surface area contributed by atoms with Crippen LogP contribution in [0.5, 0.6) is 0 Å². The molecule has 1 heterocycles. The van der Waals surface area contributed by atoms with Gasteiger partial charge >= 0.3 is 5.97 Å². The average Bonchev–Trinajstić information content (AvgIpc) is 2.18. The van der Waals surface area contributed by atoms with E-state index in [1.165, 1.54) is 12.3 Å². The summed E-state index contributed by atoms with van der Waals surface area (Å²) in [5, 5.41) is 1.40. The van der Waals surface area contributed by atoms with E-state index >= 15 is 0 Å². The summed E-state index contributed by atoms with van der Waals surface area (Å²) in [5.74, 6) is -0.271. The Bertz CT molecular complexity index is 199. The van der Waals surface area contributed by atoms with Gasteiger partial charge in [0, 0.05) is 0 Å². The van der Waals surface area contributed by atoms with Crippen LogP contribution < -0.4 is 0 Å². The van der Waals surface area contributed by atoms with Crippen molar-refractivity contribution in [1.29, 1.82) is 0 Å². The summed E-state index contributed by atoms with van der Waals surface area (Å²) in [6.07, 6.45) is 1.12. The molecule has 0 N–H and O–H groups in total. The number of ether oxygens (including phenoxy) is 1. The van der Waals surface area contributed by atoms with Crippen LogP contribution in [-0.2, 0) is 19.2 Å². The molecule has 82 valence electrons. The molecule has 0 amide bonds. The monoisotopic (exact) mass is 203 g/mol. The highest BCUT2D eigenvalue weighted by Crippen LogP contribution is 2.22. The lowest BCUT2D eigenvalue weighted by atomic mass is 10.0. The van der Waals surface area contributed by atoms with Gasteiger partial charge in [0.1, 0.15) is 0 Å². The number of hydrogen-bond acceptors (Lipinski definition) is 5. The minimum Gasteiger partial charge on any atom is -0.469 e. The molecule has 1 aliphatic rings. The van der Waals surface area contributed by atoms with Crippen LogP contribution in [0.15, 0.2) is 0 Å². The Morgan fingerprint density at radius 3 is 2.50 bits per heavy atom. The first-order chi connectivity index (χ1) is 6.56. The fourth-order valence-electron chi connectivity index (χ4n) is 1.23. The number of hydroxylamine groups is 2. The van der Waals surface area contributed by atoms with Gasteiger partial charge in [0.05, 0.1) is 32.3 Å². The average molecular weight is 203 g/mol. The summed E-state index contributed by atoms with van der Waals surface area (Å²) in [7, 11) is 1.37. The molecule has 1 rings (SSSR count). The van der Waals surface area contributed by atoms with E-state index in [2.05, 4.69) is 4.74 Å². The van der Waals surface area contributed by atoms with Crippen LogP contribution in [0, 0.1) is 0 Å². The van der Waals surface area contributed by atoms with Gasteiger partial charge in [0.2, 0.25) is 0 Å². The molecule has 1 aliphatic heterocycles. The van der Waals surface area contributed by atoms with Crippen molar-refractivity contribution in [2.24, 2.45) is 0 Å². The van der Waals surface area contributed by atoms with E-state index in [9.17, 15) is 4.79 Å². The van der Waals surface area contributed by atoms with Gasteiger partial charge in [-0.25, -0.2) is 0 Å². The second-order valence-electron chi connectivity index (χ2n) is 3.84. The fourth-order valence-corrected chi connectivity index (χ4v) is 1.23. The number of carbonyl (C=O) groups is 1. The molecule has 1 saturated heterocycles. The normalized spacial score (nSPS) is 19.4. The maximum Gasteiger partial charge on any atom is 0.307 e. The molecule has 0 aromatic carbocycles. The van der Waals surface area contributed by atoms with E-state index in [1.807, 2.05) is 13.8 Å². The molecule has 0 aromatic rings. The van der Waals surface area contributed by atoms with Crippen molar-refractivity contribution in [2.45, 2.75) is 32.2 Å². The smallest absolute Gasteiger partial charge is 0.307 e. The topological polar surface area (TPSA) is 48.0 Å². The van der Waals surface area contributed by atoms with Crippen molar-refractivity contribution in [3.05, 3.63) is 0 Å². The van der Waals surface area contributed by atoms with Crippen molar-refractivity contribution < 1.29 is 19.2 Å². The van der Waals surface area contributed by atoms with Gasteiger partial charge in [-0.05, 0) is 20.3 Å². The number of nitrogens with zero attached hydrogens (tertiary/aromatic N) is 1. The second-order valence-corrected chi connectivity index (χ2v) is 3.84. The van der Waals surface area contributed by atoms with Crippen molar-refractivity contribution in [3.8, 4) is 0 Å². The van der Waals surface area contributed by atoms with E-state index in [1.54, 1.807) is 0 Å². The molecule has 0 unspecified atom stereocenters. The third-order valence-corrected chi connectivity index (χ3v) is 2.00. The Morgan fingerprint density at radius 1 is 1.43 bits per heavy atom. The molecular formula is C9H17NO4. The van der Waals surface area contributed by atoms with Crippen LogP contribution in [0.1, 0.15) is 26.7 Å². The molecule has 0 aliphatic carbocycles. The first-order valence-electron chi connectivity index (χ1n) is 4.69. The zero-order valence-corrected chi connectivity index (χ0v) is 8.91. The molecule has 0 saturated carbocycles. The lowest BCUT2D eigenvalue weighted by Crippen LogP contribution is -2.47. The molecular weight excluding hydrogens is 186 g/mol. The predicted molar refractivity (Wildman–Crippen MR) is 49.1 cm³/mol. The summed E-state index contributed by atoms with van der Waals surface area (Å²) in [6.45, 7) is 5.00. The zero-order chi connectivity index (χ0) is 10.6. The summed E-state index contributed by atoms with van der Waals surface area (Å²) < 4.78 is 4.60. The molecule has 5 nitrogen and oxygen atoms in total. The van der Waals surface area contributed by atoms with E-state index < -0.39 is 5.54 Å². The summed E-state index contributed by atoms with van der Waals surface area (Å²) in [5.41, 5.74) is -0.493. The maximum absolute atomic E-state index is 11.1. The van der Waals surface area contributed by atoms with Crippen molar-refractivity contribution in [3.63, 3.8) is 0 Å². The minimum atomic E-state index is -0.493. The van der Waals surface area contributed by atoms with E-state index in [0.29, 0.717) is 13.2 Å². The van der Waals surface area contributed by atoms with E-state index in [0.717, 1.165) is 6.42 Å². The van der Waals surface area contributed by atoms with Gasteiger partial charge in [0.15, 0.2) is 0 Å². The van der Waals surface area contributed by atoms with Gasteiger partial charge in [-0.2, -0.15) is 0 Å². The number of carbonyl (C=O) groups excluding carboxylic acids is 1. The van der Waals surface area contributed by atoms with Gasteiger partial charge in [0.25, 0.3) is 0 Å². The first kappa shape index (κ1) is 11.4. The number of esters is 1. The fraction of sp³-hybridized carbons (Fsp3) is 0.889. The first-order valence-corrected chi connectivity index (χ1v) is 4.69. The maximum atomic E-state index is 11.1. The van der Waals surface area contributed by atoms with Crippen LogP contribution >= 0.6 is 0 Å². The highest BCUT2D eigenvalue weighted by Gasteiger charge is 2.33. The summed E-state index contributed by atoms with van der Waals surface area (Å²) in [6, 6.07) is 0. The predicted octanol–water partition coefficient (Wildman–Crippen LogP) is 0.897. The van der Waals surface area contributed by atoms with Gasteiger partial charge < -0.3 is 4.74 Å². The standard InChI is InChI=1S/C9H17NO4/c1-9(2,7-8(11)12-3)10-13-5-4-6-14-10/h4-7H2,1-3H3. The van der Waals surface area contributed by atoms with Crippen molar-refractivity contribution >= 4 is 5.97 Å². The molecule has 5 heteroatoms. The molecule has 1 fully saturated rings. The molecule has 0 radical (unpaired) electrons. The second kappa shape index (κ2) is 4.72. The Kier molecular flexibility index (Phi) is 3.86. The zero-order valence-electron chi connectivity index (χ0n) is 8.91. The van der Waals surface area contributed by atoms with Gasteiger partial charge in [-0.3, -0.25) is 14.5 Å². The van der Waals surface area contributed by atoms with Crippen molar-refractivity contribution in [1.82, 2.24) is 5.23 Å². The Morgan fingerprint density at radius 2 is 2.00 bits per heavy atom. The van der Waals surface area contributed by atoms with Crippen LogP contribution in [0.3, 0.4) is 0 Å². The van der Waals surface area contributed by atoms with Crippen molar-refractivity contribution in [2.75, 3.05) is 20.3 Å². The van der Waals surface area contributed by atoms with E-state index in [-0.39, 0.29) is 12.4 Å². The largest absolute Gasteiger partial charge is 0.469 e. The van der Waals surface area contributed by atoms with Gasteiger partial charge in [-0.15, -0.1) is 0 Å². The Balaban J connectivity index is 2.49. The lowest BCUT2D eigenvalue weighted by molar-refractivity contribution is -0.429. The minimum absolute atomic E-state index is 0.240. The molecule has 0 spiro atoms. The number of hydrogen-bond donors (Lipinski definition) is 0. The van der Waals surface area contributed by atoms with Crippen LogP contribution in [-0.4, -0.2) is 37.1 Å². The SMILES string of the molecule is COC(=O)CC(C)(C)N1OCCCO1. The highest BCUT2D eigenvalue weighted by molar-refractivity contribution is 5.70.